The molecule has 0 radical (unpaired) electrons. The van der Waals surface area contributed by atoms with Crippen molar-refractivity contribution in [3.05, 3.63) is 40.6 Å². The molecule has 4 heterocycles. The number of hydrogen-bond donors (Lipinski definition) is 2. The lowest BCUT2D eigenvalue weighted by molar-refractivity contribution is -0.190. The van der Waals surface area contributed by atoms with Gasteiger partial charge in [-0.3, -0.25) is 9.79 Å². The van der Waals surface area contributed by atoms with Crippen LogP contribution < -0.4 is 20.1 Å². The van der Waals surface area contributed by atoms with Gasteiger partial charge in [-0.1, -0.05) is 6.42 Å². The zero-order valence-corrected chi connectivity index (χ0v) is 25.8. The molecule has 3 N–H and O–H groups in total. The van der Waals surface area contributed by atoms with Crippen molar-refractivity contribution in [2.75, 3.05) is 24.6 Å². The molecule has 5 rings (SSSR count). The number of allylic oxidation sites excluding steroid dienone is 2. The number of fused-ring (bicyclic) bond motifs is 4. The molecule has 2 bridgehead atoms. The van der Waals surface area contributed by atoms with Crippen LogP contribution in [0.2, 0.25) is 0 Å². The highest BCUT2D eigenvalue weighted by Crippen LogP contribution is 2.59. The lowest BCUT2D eigenvalue weighted by Gasteiger charge is -2.34. The number of carbonyl (C=O) groups is 1. The maximum Gasteiger partial charge on any atom is 0.394 e. The minimum Gasteiger partial charge on any atom is -0.477 e. The molecule has 2 aliphatic heterocycles. The predicted molar refractivity (Wildman–Crippen MR) is 159 cm³/mol. The molecule has 2 aromatic rings. The summed E-state index contributed by atoms with van der Waals surface area (Å²) >= 11 is 0. The summed E-state index contributed by atoms with van der Waals surface area (Å²) in [4.78, 5) is 24.3. The second-order valence-electron chi connectivity index (χ2n) is 12.5. The largest absolute Gasteiger partial charge is 0.477 e. The number of ether oxygens (including phenoxy) is 1. The quantitative estimate of drug-likeness (QED) is 0.488. The van der Waals surface area contributed by atoms with E-state index in [-0.39, 0.29) is 47.9 Å². The molecule has 1 saturated heterocycles. The predicted octanol–water partition coefficient (Wildman–Crippen LogP) is 4.49. The minimum atomic E-state index is -4.34. The van der Waals surface area contributed by atoms with Crippen LogP contribution >= 0.6 is 0 Å². The van der Waals surface area contributed by atoms with Gasteiger partial charge in [-0.15, -0.1) is 5.10 Å². The van der Waals surface area contributed by atoms with Gasteiger partial charge < -0.3 is 15.4 Å². The number of anilines is 1. The molecule has 1 unspecified atom stereocenters. The van der Waals surface area contributed by atoms with Crippen molar-refractivity contribution in [3.63, 3.8) is 0 Å². The molecule has 3 aliphatic rings. The molecule has 44 heavy (non-hydrogen) atoms. The molecule has 1 atom stereocenters. The van der Waals surface area contributed by atoms with Crippen LogP contribution in [-0.4, -0.2) is 66.7 Å². The molecule has 1 aliphatic carbocycles. The van der Waals surface area contributed by atoms with Crippen molar-refractivity contribution in [3.8, 4) is 11.7 Å². The van der Waals surface area contributed by atoms with E-state index in [1.54, 1.807) is 6.20 Å². The summed E-state index contributed by atoms with van der Waals surface area (Å²) in [5.74, 6) is 0.209. The molecular formula is C29H38F3N7O4S. The van der Waals surface area contributed by atoms with Crippen LogP contribution in [0.25, 0.3) is 5.82 Å². The van der Waals surface area contributed by atoms with E-state index >= 15 is 0 Å². The van der Waals surface area contributed by atoms with E-state index < -0.39 is 33.1 Å². The third-order valence-corrected chi connectivity index (χ3v) is 10.1. The van der Waals surface area contributed by atoms with Gasteiger partial charge in [-0.25, -0.2) is 22.8 Å². The highest BCUT2D eigenvalue weighted by Gasteiger charge is 2.62. The molecule has 11 nitrogen and oxygen atoms in total. The van der Waals surface area contributed by atoms with Crippen LogP contribution in [0.1, 0.15) is 76.1 Å². The SMILES string of the molecule is C/C(N)=C1/C=N\CCCCC2CN(c3nc(-n4ccc(OCCC5(C(F)(F)F)CC5)n4)ccc3C(=O)NS1(=O)=O)C(C)(C)C2. The number of pyridine rings is 1. The van der Waals surface area contributed by atoms with Crippen molar-refractivity contribution >= 4 is 28.0 Å². The molecule has 15 heteroatoms. The normalized spacial score (nSPS) is 24.8. The van der Waals surface area contributed by atoms with E-state index in [4.69, 9.17) is 15.5 Å². The van der Waals surface area contributed by atoms with Gasteiger partial charge in [0.05, 0.1) is 17.6 Å². The number of carbonyl (C=O) groups excluding carboxylic acids is 1. The van der Waals surface area contributed by atoms with Crippen LogP contribution in [0.4, 0.5) is 19.0 Å². The van der Waals surface area contributed by atoms with Crippen molar-refractivity contribution in [1.29, 1.82) is 0 Å². The highest BCUT2D eigenvalue weighted by atomic mass is 32.2. The number of sulfonamides is 1. The Morgan fingerprint density at radius 3 is 2.64 bits per heavy atom. The van der Waals surface area contributed by atoms with Gasteiger partial charge in [0, 0.05) is 42.8 Å². The minimum absolute atomic E-state index is 0.00147. The zero-order chi connectivity index (χ0) is 31.9. The number of rotatable bonds is 5. The molecule has 1 saturated carbocycles. The second kappa shape index (κ2) is 11.7. The Bertz CT molecular complexity index is 1580. The maximum atomic E-state index is 13.6. The summed E-state index contributed by atoms with van der Waals surface area (Å²) in [5.41, 5.74) is 3.85. The Morgan fingerprint density at radius 1 is 1.20 bits per heavy atom. The lowest BCUT2D eigenvalue weighted by Crippen LogP contribution is -2.41. The molecule has 2 aromatic heterocycles. The monoisotopic (exact) mass is 637 g/mol. The topological polar surface area (TPSA) is 145 Å². The van der Waals surface area contributed by atoms with Crippen LogP contribution in [0.15, 0.2) is 40.0 Å². The van der Waals surface area contributed by atoms with Crippen LogP contribution in [0.5, 0.6) is 5.88 Å². The second-order valence-corrected chi connectivity index (χ2v) is 14.2. The van der Waals surface area contributed by atoms with E-state index in [9.17, 15) is 26.4 Å². The van der Waals surface area contributed by atoms with E-state index in [1.807, 2.05) is 4.90 Å². The highest BCUT2D eigenvalue weighted by molar-refractivity contribution is 7.94. The summed E-state index contributed by atoms with van der Waals surface area (Å²) in [6.07, 6.45) is 2.02. The van der Waals surface area contributed by atoms with E-state index in [2.05, 4.69) is 28.7 Å². The molecular weight excluding hydrogens is 599 g/mol. The third-order valence-electron chi connectivity index (χ3n) is 8.67. The summed E-state index contributed by atoms with van der Waals surface area (Å²) in [7, 11) is -4.34. The van der Waals surface area contributed by atoms with Crippen LogP contribution in [0, 0.1) is 11.3 Å². The Hall–Kier alpha value is -3.62. The average Bonchev–Trinajstić information content (AvgIpc) is 3.47. The summed E-state index contributed by atoms with van der Waals surface area (Å²) in [6, 6.07) is 4.54. The first kappa shape index (κ1) is 31.8. The molecule has 0 aromatic carbocycles. The van der Waals surface area contributed by atoms with Gasteiger partial charge >= 0.3 is 6.18 Å². The van der Waals surface area contributed by atoms with Gasteiger partial charge in [0.2, 0.25) is 5.88 Å². The summed E-state index contributed by atoms with van der Waals surface area (Å²) < 4.78 is 75.3. The van der Waals surface area contributed by atoms with Crippen molar-refractivity contribution in [2.45, 2.75) is 77.4 Å². The number of aromatic nitrogens is 3. The van der Waals surface area contributed by atoms with Gasteiger partial charge in [0.1, 0.15) is 10.7 Å². The number of amides is 1. The fourth-order valence-electron chi connectivity index (χ4n) is 5.99. The Labute approximate surface area is 254 Å². The summed E-state index contributed by atoms with van der Waals surface area (Å²) in [6.45, 7) is 6.45. The number of nitrogens with two attached hydrogens (primary N) is 1. The number of nitrogens with zero attached hydrogens (tertiary/aromatic N) is 5. The van der Waals surface area contributed by atoms with E-state index in [0.717, 1.165) is 25.7 Å². The Kier molecular flexibility index (Phi) is 8.46. The first-order valence-corrected chi connectivity index (χ1v) is 16.2. The number of nitrogens with one attached hydrogen (secondary N) is 1. The number of hydrogen-bond acceptors (Lipinski definition) is 9. The molecule has 240 valence electrons. The van der Waals surface area contributed by atoms with E-state index in [1.165, 1.54) is 36.0 Å². The smallest absolute Gasteiger partial charge is 0.394 e. The fourth-order valence-corrected chi connectivity index (χ4v) is 7.09. The molecule has 0 spiro atoms. The summed E-state index contributed by atoms with van der Waals surface area (Å²) in [5, 5.41) is 4.34. The Morgan fingerprint density at radius 2 is 1.95 bits per heavy atom. The molecule has 1 amide bonds. The lowest BCUT2D eigenvalue weighted by atomic mass is 9.93. The van der Waals surface area contributed by atoms with Crippen molar-refractivity contribution in [1.82, 2.24) is 19.5 Å². The van der Waals surface area contributed by atoms with Gasteiger partial charge in [0.25, 0.3) is 15.9 Å². The van der Waals surface area contributed by atoms with E-state index in [0.29, 0.717) is 30.6 Å². The van der Waals surface area contributed by atoms with Crippen molar-refractivity contribution < 1.29 is 31.1 Å². The van der Waals surface area contributed by atoms with Crippen LogP contribution in [-0.2, 0) is 10.0 Å². The number of alkyl halides is 3. The van der Waals surface area contributed by atoms with Gasteiger partial charge in [0.15, 0.2) is 5.82 Å². The van der Waals surface area contributed by atoms with Gasteiger partial charge in [-0.05, 0) is 77.3 Å². The fraction of sp³-hybridized carbons (Fsp3) is 0.586. The van der Waals surface area contributed by atoms with Crippen LogP contribution in [0.3, 0.4) is 0 Å². The van der Waals surface area contributed by atoms with Gasteiger partial charge in [-0.2, -0.15) is 13.2 Å². The average molecular weight is 638 g/mol. The zero-order valence-electron chi connectivity index (χ0n) is 25.0. The Balaban J connectivity index is 1.46. The maximum absolute atomic E-state index is 13.6. The van der Waals surface area contributed by atoms with Crippen molar-refractivity contribution in [2.24, 2.45) is 22.1 Å². The standard InChI is InChI=1S/C29H38F3N7O4S/c1-19(33)22-17-34-13-5-4-6-20-16-27(2,3)38(18-20)25-21(26(40)37-44(22,41)42)7-8-23(35-25)39-14-9-24(36-39)43-15-12-28(10-11-28)29(30,31)32/h7-9,14,17,20H,4-6,10-13,15-16,18,33H2,1-3H3,(H,37,40)/b22-19+,34-17-. The number of aliphatic imine (C=N–C) groups is 1. The molecule has 2 fully saturated rings. The first-order valence-electron chi connectivity index (χ1n) is 14.7. The third kappa shape index (κ3) is 6.57. The first-order chi connectivity index (χ1) is 20.6. The number of halogens is 3.